The molecule has 1 aromatic heterocycles. The molecule has 0 saturated heterocycles. The van der Waals surface area contributed by atoms with Crippen molar-refractivity contribution in [2.24, 2.45) is 0 Å². The van der Waals surface area contributed by atoms with Crippen molar-refractivity contribution in [3.05, 3.63) is 77.2 Å². The van der Waals surface area contributed by atoms with Crippen LogP contribution in [0.4, 0.5) is 10.5 Å². The maximum absolute atomic E-state index is 13.6. The minimum absolute atomic E-state index is 0.0433. The van der Waals surface area contributed by atoms with Crippen molar-refractivity contribution in [2.75, 3.05) is 32.6 Å². The fourth-order valence-corrected chi connectivity index (χ4v) is 4.22. The van der Waals surface area contributed by atoms with Gasteiger partial charge in [0.15, 0.2) is 11.5 Å². The lowest BCUT2D eigenvalue weighted by Gasteiger charge is -2.31. The Balaban J connectivity index is 1.77. The molecule has 3 rings (SSSR count). The number of benzene rings is 2. The Hall–Kier alpha value is -3.94. The van der Waals surface area contributed by atoms with E-state index in [1.165, 1.54) is 0 Å². The summed E-state index contributed by atoms with van der Waals surface area (Å²) in [5, 5.41) is 3.00. The number of methoxy groups -OCH3 is 2. The molecule has 8 heteroatoms. The normalized spacial score (nSPS) is 11.5. The maximum atomic E-state index is 13.6. The maximum Gasteiger partial charge on any atom is 0.322 e. The lowest BCUT2D eigenvalue weighted by Crippen LogP contribution is -2.48. The second-order valence-electron chi connectivity index (χ2n) is 9.47. The van der Waals surface area contributed by atoms with Gasteiger partial charge in [0, 0.05) is 18.3 Å². The fourth-order valence-electron chi connectivity index (χ4n) is 4.22. The minimum atomic E-state index is -0.294. The molecule has 0 aliphatic rings. The average molecular weight is 522 g/mol. The van der Waals surface area contributed by atoms with Crippen LogP contribution in [-0.4, -0.2) is 55.1 Å². The Morgan fingerprint density at radius 1 is 1.03 bits per heavy atom. The zero-order valence-corrected chi connectivity index (χ0v) is 23.2. The molecule has 38 heavy (non-hydrogen) atoms. The summed E-state index contributed by atoms with van der Waals surface area (Å²) in [7, 11) is 3.20. The number of hydrogen-bond donors (Lipinski definition) is 1. The van der Waals surface area contributed by atoms with Crippen LogP contribution in [0.15, 0.2) is 59.2 Å². The molecule has 1 heterocycles. The molecule has 3 aromatic rings. The largest absolute Gasteiger partial charge is 0.493 e. The molecule has 0 aliphatic heterocycles. The van der Waals surface area contributed by atoms with E-state index in [9.17, 15) is 9.59 Å². The highest BCUT2D eigenvalue weighted by atomic mass is 16.5. The summed E-state index contributed by atoms with van der Waals surface area (Å²) in [6, 6.07) is 14.8. The van der Waals surface area contributed by atoms with E-state index in [-0.39, 0.29) is 24.5 Å². The van der Waals surface area contributed by atoms with Crippen LogP contribution in [0, 0.1) is 13.8 Å². The summed E-state index contributed by atoms with van der Waals surface area (Å²) in [6.45, 7) is 8.64. The van der Waals surface area contributed by atoms with E-state index in [1.54, 1.807) is 36.3 Å². The molecule has 0 aliphatic carbocycles. The number of hydrogen-bond acceptors (Lipinski definition) is 5. The number of ether oxygens (including phenoxy) is 2. The highest BCUT2D eigenvalue weighted by Gasteiger charge is 2.26. The van der Waals surface area contributed by atoms with E-state index >= 15 is 0 Å². The molecule has 1 N–H and O–H groups in total. The molecule has 0 fully saturated rings. The lowest BCUT2D eigenvalue weighted by molar-refractivity contribution is -0.133. The van der Waals surface area contributed by atoms with Crippen molar-refractivity contribution in [1.82, 2.24) is 9.80 Å². The number of nitrogens with one attached hydrogen (secondary N) is 1. The Morgan fingerprint density at radius 2 is 1.79 bits per heavy atom. The van der Waals surface area contributed by atoms with Gasteiger partial charge in [-0.1, -0.05) is 30.7 Å². The van der Waals surface area contributed by atoms with E-state index in [4.69, 9.17) is 13.9 Å². The number of furan rings is 1. The first-order valence-electron chi connectivity index (χ1n) is 12.9. The van der Waals surface area contributed by atoms with Crippen LogP contribution in [0.3, 0.4) is 0 Å². The number of nitrogens with zero attached hydrogens (tertiary/aromatic N) is 2. The van der Waals surface area contributed by atoms with E-state index in [0.29, 0.717) is 36.8 Å². The molecule has 0 saturated carbocycles. The third-order valence-electron chi connectivity index (χ3n) is 6.71. The predicted octanol–water partition coefficient (Wildman–Crippen LogP) is 5.82. The van der Waals surface area contributed by atoms with Crippen molar-refractivity contribution >= 4 is 17.6 Å². The van der Waals surface area contributed by atoms with Gasteiger partial charge in [0.1, 0.15) is 12.3 Å². The molecule has 0 radical (unpaired) electrons. The minimum Gasteiger partial charge on any atom is -0.493 e. The van der Waals surface area contributed by atoms with Crippen LogP contribution in [0.25, 0.3) is 0 Å². The molecule has 1 atom stereocenters. The van der Waals surface area contributed by atoms with Crippen molar-refractivity contribution in [1.29, 1.82) is 0 Å². The highest BCUT2D eigenvalue weighted by molar-refractivity contribution is 5.93. The molecule has 3 amide bonds. The van der Waals surface area contributed by atoms with Crippen LogP contribution >= 0.6 is 0 Å². The SMILES string of the molecule is CCC(C)N(CC(=O)N(CCc1ccc(OC)c(OC)c1)Cc1ccco1)C(=O)Nc1ccc(C)cc1C. The fraction of sp³-hybridized carbons (Fsp3) is 0.400. The molecule has 0 bridgehead atoms. The predicted molar refractivity (Wildman–Crippen MR) is 149 cm³/mol. The number of aryl methyl sites for hydroxylation is 2. The highest BCUT2D eigenvalue weighted by Crippen LogP contribution is 2.28. The van der Waals surface area contributed by atoms with Crippen LogP contribution in [0.2, 0.25) is 0 Å². The zero-order chi connectivity index (χ0) is 27.7. The molecular weight excluding hydrogens is 482 g/mol. The van der Waals surface area contributed by atoms with Gasteiger partial charge in [-0.25, -0.2) is 4.79 Å². The van der Waals surface area contributed by atoms with Crippen LogP contribution in [0.5, 0.6) is 11.5 Å². The van der Waals surface area contributed by atoms with Gasteiger partial charge < -0.3 is 29.0 Å². The Kier molecular flexibility index (Phi) is 10.2. The van der Waals surface area contributed by atoms with E-state index < -0.39 is 0 Å². The van der Waals surface area contributed by atoms with Gasteiger partial charge in [-0.15, -0.1) is 0 Å². The first-order valence-corrected chi connectivity index (χ1v) is 12.9. The monoisotopic (exact) mass is 521 g/mol. The summed E-state index contributed by atoms with van der Waals surface area (Å²) < 4.78 is 16.3. The summed E-state index contributed by atoms with van der Waals surface area (Å²) >= 11 is 0. The van der Waals surface area contributed by atoms with Gasteiger partial charge in [-0.3, -0.25) is 4.79 Å². The second-order valence-corrected chi connectivity index (χ2v) is 9.47. The number of urea groups is 1. The van der Waals surface area contributed by atoms with Gasteiger partial charge in [0.05, 0.1) is 27.0 Å². The summed E-state index contributed by atoms with van der Waals surface area (Å²) in [5.74, 6) is 1.82. The van der Waals surface area contributed by atoms with Gasteiger partial charge >= 0.3 is 6.03 Å². The molecule has 204 valence electrons. The number of carbonyl (C=O) groups is 2. The summed E-state index contributed by atoms with van der Waals surface area (Å²) in [6.07, 6.45) is 2.91. The Bertz CT molecular complexity index is 1210. The quantitative estimate of drug-likeness (QED) is 0.325. The molecular formula is C30H39N3O5. The van der Waals surface area contributed by atoms with E-state index in [2.05, 4.69) is 5.32 Å². The van der Waals surface area contributed by atoms with Crippen molar-refractivity contribution < 1.29 is 23.5 Å². The van der Waals surface area contributed by atoms with Crippen LogP contribution in [-0.2, 0) is 17.8 Å². The van der Waals surface area contributed by atoms with Gasteiger partial charge in [0.25, 0.3) is 0 Å². The number of carbonyl (C=O) groups excluding carboxylic acids is 2. The first-order chi connectivity index (χ1) is 18.2. The van der Waals surface area contributed by atoms with Crippen molar-refractivity contribution in [2.45, 2.75) is 53.1 Å². The van der Waals surface area contributed by atoms with Crippen LogP contribution < -0.4 is 14.8 Å². The Labute approximate surface area is 225 Å². The first kappa shape index (κ1) is 28.6. The number of amides is 3. The number of rotatable bonds is 12. The van der Waals surface area contributed by atoms with E-state index in [1.807, 2.05) is 70.2 Å². The Morgan fingerprint density at radius 3 is 2.42 bits per heavy atom. The molecule has 8 nitrogen and oxygen atoms in total. The smallest absolute Gasteiger partial charge is 0.322 e. The third-order valence-corrected chi connectivity index (χ3v) is 6.71. The molecule has 1 unspecified atom stereocenters. The molecule has 2 aromatic carbocycles. The van der Waals surface area contributed by atoms with Gasteiger partial charge in [-0.2, -0.15) is 0 Å². The molecule has 0 spiro atoms. The van der Waals surface area contributed by atoms with Gasteiger partial charge in [0.2, 0.25) is 5.91 Å². The number of anilines is 1. The van der Waals surface area contributed by atoms with Gasteiger partial charge in [-0.05, 0) is 75.1 Å². The van der Waals surface area contributed by atoms with E-state index in [0.717, 1.165) is 28.8 Å². The second kappa shape index (κ2) is 13.6. The summed E-state index contributed by atoms with van der Waals surface area (Å²) in [5.41, 5.74) is 3.84. The van der Waals surface area contributed by atoms with Crippen molar-refractivity contribution in [3.8, 4) is 11.5 Å². The lowest BCUT2D eigenvalue weighted by atomic mass is 10.1. The summed E-state index contributed by atoms with van der Waals surface area (Å²) in [4.78, 5) is 30.3. The average Bonchev–Trinajstić information content (AvgIpc) is 3.43. The van der Waals surface area contributed by atoms with Crippen molar-refractivity contribution in [3.63, 3.8) is 0 Å². The zero-order valence-electron chi connectivity index (χ0n) is 23.2. The third kappa shape index (κ3) is 7.54. The topological polar surface area (TPSA) is 84.2 Å². The standard InChI is InChI=1S/C30H39N3O5/c1-7-23(4)33(30(35)31-26-12-10-21(2)17-22(26)3)20-29(34)32(19-25-9-8-16-38-25)15-14-24-11-13-27(36-5)28(18-24)37-6/h8-13,16-18,23H,7,14-15,19-20H2,1-6H3,(H,31,35). The van der Waals surface area contributed by atoms with Crippen LogP contribution in [0.1, 0.15) is 42.7 Å².